The largest absolute Gasteiger partial charge is 0.453 e. The van der Waals surface area contributed by atoms with E-state index in [-0.39, 0.29) is 5.41 Å². The van der Waals surface area contributed by atoms with Crippen molar-refractivity contribution in [2.24, 2.45) is 17.3 Å². The number of hydrogen-bond donors (Lipinski definition) is 0. The number of ketones is 1. The van der Waals surface area contributed by atoms with E-state index in [9.17, 15) is 4.79 Å². The van der Waals surface area contributed by atoms with Crippen LogP contribution in [0.3, 0.4) is 0 Å². The summed E-state index contributed by atoms with van der Waals surface area (Å²) in [6.45, 7) is 2.28. The van der Waals surface area contributed by atoms with Crippen molar-refractivity contribution in [2.75, 3.05) is 0 Å². The maximum absolute atomic E-state index is 13.1. The van der Waals surface area contributed by atoms with E-state index in [2.05, 4.69) is 37.3 Å². The third-order valence-corrected chi connectivity index (χ3v) is 10.7. The van der Waals surface area contributed by atoms with Crippen molar-refractivity contribution >= 4 is 17.5 Å². The highest BCUT2D eigenvalue weighted by Crippen LogP contribution is 2.63. The Morgan fingerprint density at radius 3 is 2.52 bits per heavy atom. The lowest BCUT2D eigenvalue weighted by Gasteiger charge is -2.50. The molecule has 3 fully saturated rings. The van der Waals surface area contributed by atoms with Crippen molar-refractivity contribution in [3.8, 4) is 0 Å². The molecule has 172 valence electrons. The first-order valence-corrected chi connectivity index (χ1v) is 13.7. The van der Waals surface area contributed by atoms with E-state index >= 15 is 0 Å². The highest BCUT2D eigenvalue weighted by Gasteiger charge is 2.57. The molecule has 0 saturated heterocycles. The second kappa shape index (κ2) is 7.28. The maximum atomic E-state index is 13.1. The van der Waals surface area contributed by atoms with Crippen LogP contribution in [-0.2, 0) is 14.3 Å². The van der Waals surface area contributed by atoms with Gasteiger partial charge in [-0.1, -0.05) is 24.6 Å². The first-order chi connectivity index (χ1) is 16.0. The van der Waals surface area contributed by atoms with Crippen LogP contribution in [-0.4, -0.2) is 16.8 Å². The molecule has 5 aliphatic carbocycles. The molecule has 4 heteroatoms. The average Bonchev–Trinajstić information content (AvgIpc) is 3.45. The van der Waals surface area contributed by atoms with Gasteiger partial charge in [-0.05, 0) is 85.6 Å². The summed E-state index contributed by atoms with van der Waals surface area (Å²) in [6, 6.07) is 9.37. The van der Waals surface area contributed by atoms with Gasteiger partial charge in [-0.15, -0.1) is 11.8 Å². The zero-order chi connectivity index (χ0) is 22.2. The molecule has 33 heavy (non-hydrogen) atoms. The lowest BCUT2D eigenvalue weighted by atomic mass is 9.53. The summed E-state index contributed by atoms with van der Waals surface area (Å²) >= 11 is 2.02. The Hall–Kier alpha value is -1.94. The number of thioether (sulfide) groups is 1. The van der Waals surface area contributed by atoms with Crippen LogP contribution in [0.2, 0.25) is 0 Å². The SMILES string of the molecule is C[C@]12CC(c3ccc(SC4CC4)cc3)C3=C4CCC5(C=C4CC[C@H]3[C@@H]1CCC2=O)OC=CO5. The van der Waals surface area contributed by atoms with Crippen LogP contribution in [0.1, 0.15) is 76.2 Å². The van der Waals surface area contributed by atoms with E-state index < -0.39 is 5.79 Å². The molecule has 0 radical (unpaired) electrons. The highest BCUT2D eigenvalue weighted by atomic mass is 32.2. The average molecular weight is 461 g/mol. The van der Waals surface area contributed by atoms with Gasteiger partial charge in [-0.3, -0.25) is 4.79 Å². The number of ether oxygens (including phenoxy) is 2. The van der Waals surface area contributed by atoms with Crippen molar-refractivity contribution in [1.29, 1.82) is 0 Å². The Bertz CT molecular complexity index is 1080. The number of benzene rings is 1. The van der Waals surface area contributed by atoms with E-state index in [4.69, 9.17) is 9.47 Å². The standard InChI is InChI=1S/C29H32O3S/c1-28-17-24(18-2-5-20(6-3-18)33-21-7-8-21)27-22-12-13-29(31-14-15-32-29)16-19(22)4-9-23(27)25(28)10-11-26(28)30/h2-3,5-6,14-16,21,23-25H,4,7-13,17H2,1H3/t23-,24?,25-,28-/m0/s1. The van der Waals surface area contributed by atoms with Crippen molar-refractivity contribution in [3.63, 3.8) is 0 Å². The quantitative estimate of drug-likeness (QED) is 0.484. The molecular formula is C29H32O3S. The minimum Gasteiger partial charge on any atom is -0.453 e. The molecule has 7 rings (SSSR count). The zero-order valence-electron chi connectivity index (χ0n) is 19.3. The number of fused-ring (bicyclic) bond motifs is 4. The van der Waals surface area contributed by atoms with E-state index in [1.165, 1.54) is 28.9 Å². The number of hydrogen-bond acceptors (Lipinski definition) is 4. The van der Waals surface area contributed by atoms with Gasteiger partial charge in [0, 0.05) is 40.4 Å². The molecular weight excluding hydrogens is 428 g/mol. The molecule has 0 bridgehead atoms. The van der Waals surface area contributed by atoms with E-state index in [0.717, 1.165) is 50.2 Å². The lowest BCUT2D eigenvalue weighted by molar-refractivity contribution is -0.128. The van der Waals surface area contributed by atoms with Gasteiger partial charge < -0.3 is 9.47 Å². The first kappa shape index (κ1) is 20.4. The summed E-state index contributed by atoms with van der Waals surface area (Å²) in [5.41, 5.74) is 5.86. The fourth-order valence-electron chi connectivity index (χ4n) is 7.51. The number of carbonyl (C=O) groups is 1. The van der Waals surface area contributed by atoms with Crippen LogP contribution in [0.25, 0.3) is 0 Å². The summed E-state index contributed by atoms with van der Waals surface area (Å²) in [6.07, 6.45) is 15.2. The van der Waals surface area contributed by atoms with Crippen LogP contribution in [0, 0.1) is 17.3 Å². The molecule has 0 amide bonds. The molecule has 1 heterocycles. The van der Waals surface area contributed by atoms with Gasteiger partial charge in [0.1, 0.15) is 18.3 Å². The van der Waals surface area contributed by atoms with Crippen LogP contribution in [0.5, 0.6) is 0 Å². The minimum absolute atomic E-state index is 0.167. The predicted octanol–water partition coefficient (Wildman–Crippen LogP) is 7.05. The molecule has 3 saturated carbocycles. The topological polar surface area (TPSA) is 35.5 Å². The number of Topliss-reactive ketones (excluding diaryl/α,β-unsaturated/α-hetero) is 1. The Morgan fingerprint density at radius 1 is 0.970 bits per heavy atom. The second-order valence-corrected chi connectivity index (χ2v) is 12.6. The number of rotatable bonds is 3. The number of allylic oxidation sites excluding steroid dienone is 3. The highest BCUT2D eigenvalue weighted by molar-refractivity contribution is 8.00. The van der Waals surface area contributed by atoms with Gasteiger partial charge in [0.05, 0.1) is 0 Å². The minimum atomic E-state index is -0.587. The fraction of sp³-hybridized carbons (Fsp3) is 0.552. The first-order valence-electron chi connectivity index (χ1n) is 12.8. The summed E-state index contributed by atoms with van der Waals surface area (Å²) in [5.74, 6) is 1.30. The smallest absolute Gasteiger partial charge is 0.270 e. The molecule has 4 atom stereocenters. The lowest BCUT2D eigenvalue weighted by Crippen LogP contribution is -2.44. The van der Waals surface area contributed by atoms with Crippen molar-refractivity contribution < 1.29 is 14.3 Å². The molecule has 1 aliphatic heterocycles. The summed E-state index contributed by atoms with van der Waals surface area (Å²) in [4.78, 5) is 14.5. The van der Waals surface area contributed by atoms with E-state index in [1.54, 1.807) is 23.7 Å². The molecule has 0 N–H and O–H groups in total. The molecule has 1 aromatic rings. The van der Waals surface area contributed by atoms with Crippen LogP contribution < -0.4 is 0 Å². The van der Waals surface area contributed by atoms with Crippen LogP contribution in [0.15, 0.2) is 64.5 Å². The van der Waals surface area contributed by atoms with Gasteiger partial charge >= 0.3 is 0 Å². The third kappa shape index (κ3) is 3.20. The van der Waals surface area contributed by atoms with Crippen molar-refractivity contribution in [1.82, 2.24) is 0 Å². The number of carbonyl (C=O) groups excluding carboxylic acids is 1. The van der Waals surface area contributed by atoms with E-state index in [0.29, 0.717) is 23.5 Å². The Labute approximate surface area is 200 Å². The molecule has 1 unspecified atom stereocenters. The van der Waals surface area contributed by atoms with Crippen molar-refractivity contribution in [3.05, 3.63) is 65.1 Å². The molecule has 0 aromatic heterocycles. The third-order valence-electron chi connectivity index (χ3n) is 9.31. The Balaban J connectivity index is 1.31. The molecule has 1 spiro atoms. The zero-order valence-corrected chi connectivity index (χ0v) is 20.2. The molecule has 6 aliphatic rings. The van der Waals surface area contributed by atoms with Gasteiger partial charge in [0.25, 0.3) is 5.79 Å². The summed E-state index contributed by atoms with van der Waals surface area (Å²) < 4.78 is 11.8. The monoisotopic (exact) mass is 460 g/mol. The Morgan fingerprint density at radius 2 is 1.76 bits per heavy atom. The van der Waals surface area contributed by atoms with Crippen LogP contribution >= 0.6 is 11.8 Å². The summed E-state index contributed by atoms with van der Waals surface area (Å²) in [5, 5.41) is 0.825. The van der Waals surface area contributed by atoms with Gasteiger partial charge in [0.15, 0.2) is 0 Å². The maximum Gasteiger partial charge on any atom is 0.270 e. The summed E-state index contributed by atoms with van der Waals surface area (Å²) in [7, 11) is 0. The van der Waals surface area contributed by atoms with Gasteiger partial charge in [0.2, 0.25) is 0 Å². The second-order valence-electron chi connectivity index (χ2n) is 11.2. The van der Waals surface area contributed by atoms with Gasteiger partial charge in [-0.25, -0.2) is 0 Å². The molecule has 1 aromatic carbocycles. The van der Waals surface area contributed by atoms with Crippen LogP contribution in [0.4, 0.5) is 0 Å². The van der Waals surface area contributed by atoms with Gasteiger partial charge in [-0.2, -0.15) is 0 Å². The fourth-order valence-corrected chi connectivity index (χ4v) is 8.56. The normalized spacial score (nSPS) is 36.1. The molecule has 3 nitrogen and oxygen atoms in total. The van der Waals surface area contributed by atoms with Crippen molar-refractivity contribution in [2.45, 2.75) is 86.6 Å². The predicted molar refractivity (Wildman–Crippen MR) is 130 cm³/mol. The Kier molecular flexibility index (Phi) is 4.51. The van der Waals surface area contributed by atoms with E-state index in [1.807, 2.05) is 11.8 Å².